The number of aryl methyl sites for hydroxylation is 1. The molecule has 2 rings (SSSR count). The van der Waals surface area contributed by atoms with E-state index in [9.17, 15) is 0 Å². The van der Waals surface area contributed by atoms with Gasteiger partial charge in [0.25, 0.3) is 0 Å². The van der Waals surface area contributed by atoms with Gasteiger partial charge in [-0.3, -0.25) is 4.98 Å². The molecule has 16 heavy (non-hydrogen) atoms. The third-order valence-corrected chi connectivity index (χ3v) is 3.61. The minimum Gasteiger partial charge on any atom is -0.261 e. The molecule has 0 amide bonds. The molecule has 0 saturated heterocycles. The number of allylic oxidation sites excluding steroid dienone is 1. The zero-order chi connectivity index (χ0) is 11.4. The Labute approximate surface area is 103 Å². The summed E-state index contributed by atoms with van der Waals surface area (Å²) in [6.07, 6.45) is 9.05. The Hall–Kier alpha value is -0.820. The van der Waals surface area contributed by atoms with Crippen molar-refractivity contribution in [3.63, 3.8) is 0 Å². The van der Waals surface area contributed by atoms with E-state index in [4.69, 9.17) is 11.6 Å². The van der Waals surface area contributed by atoms with E-state index in [0.29, 0.717) is 11.8 Å². The summed E-state index contributed by atoms with van der Waals surface area (Å²) in [5, 5.41) is 0. The van der Waals surface area contributed by atoms with E-state index >= 15 is 0 Å². The molecule has 0 atom stereocenters. The van der Waals surface area contributed by atoms with Crippen molar-refractivity contribution in [2.75, 3.05) is 0 Å². The van der Waals surface area contributed by atoms with Crippen molar-refractivity contribution in [3.05, 3.63) is 41.2 Å². The second kappa shape index (κ2) is 5.49. The largest absolute Gasteiger partial charge is 0.261 e. The fourth-order valence-electron chi connectivity index (χ4n) is 2.43. The summed E-state index contributed by atoms with van der Waals surface area (Å²) in [7, 11) is 0. The molecule has 0 spiro atoms. The summed E-state index contributed by atoms with van der Waals surface area (Å²) in [4.78, 5) is 4.53. The Morgan fingerprint density at radius 3 is 2.56 bits per heavy atom. The molecule has 0 N–H and O–H groups in total. The second-order valence-corrected chi connectivity index (χ2v) is 4.94. The molecule has 86 valence electrons. The molecule has 0 bridgehead atoms. The lowest BCUT2D eigenvalue weighted by Crippen LogP contribution is -2.12. The van der Waals surface area contributed by atoms with E-state index in [-0.39, 0.29) is 0 Å². The first-order valence-electron chi connectivity index (χ1n) is 5.99. The van der Waals surface area contributed by atoms with Crippen LogP contribution in [-0.2, 0) is 0 Å². The molecule has 2 heteroatoms. The summed E-state index contributed by atoms with van der Waals surface area (Å²) < 4.78 is 0. The van der Waals surface area contributed by atoms with Crippen molar-refractivity contribution in [1.82, 2.24) is 4.98 Å². The fraction of sp³-hybridized carbons (Fsp3) is 0.500. The number of hydrogen-bond donors (Lipinski definition) is 0. The molecule has 0 unspecified atom stereocenters. The van der Waals surface area contributed by atoms with Crippen molar-refractivity contribution >= 4 is 11.6 Å². The van der Waals surface area contributed by atoms with Gasteiger partial charge in [-0.1, -0.05) is 23.7 Å². The smallest absolute Gasteiger partial charge is 0.0434 e. The van der Waals surface area contributed by atoms with Crippen molar-refractivity contribution in [3.8, 4) is 0 Å². The van der Waals surface area contributed by atoms with Crippen LogP contribution in [0.2, 0.25) is 0 Å². The quantitative estimate of drug-likeness (QED) is 0.740. The molecule has 0 aliphatic heterocycles. The molecule has 1 aliphatic rings. The zero-order valence-electron chi connectivity index (χ0n) is 9.70. The normalized spacial score (nSPS) is 26.1. The van der Waals surface area contributed by atoms with Gasteiger partial charge in [-0.25, -0.2) is 0 Å². The number of aromatic nitrogens is 1. The van der Waals surface area contributed by atoms with Gasteiger partial charge in [0.15, 0.2) is 0 Å². The summed E-state index contributed by atoms with van der Waals surface area (Å²) in [6, 6.07) is 4.34. The van der Waals surface area contributed by atoms with E-state index in [1.54, 1.807) is 5.54 Å². The molecule has 1 aliphatic carbocycles. The lowest BCUT2D eigenvalue weighted by atomic mass is 9.80. The van der Waals surface area contributed by atoms with Gasteiger partial charge in [0.2, 0.25) is 0 Å². The van der Waals surface area contributed by atoms with Crippen LogP contribution < -0.4 is 0 Å². The molecule has 0 radical (unpaired) electrons. The molecule has 1 nitrogen and oxygen atoms in total. The maximum atomic E-state index is 5.61. The van der Waals surface area contributed by atoms with E-state index in [1.807, 2.05) is 6.20 Å². The van der Waals surface area contributed by atoms with Crippen molar-refractivity contribution in [2.45, 2.75) is 38.5 Å². The number of halogens is 1. The number of pyridine rings is 1. The lowest BCUT2D eigenvalue weighted by Gasteiger charge is -2.26. The van der Waals surface area contributed by atoms with E-state index in [0.717, 1.165) is 0 Å². The van der Waals surface area contributed by atoms with Crippen LogP contribution in [0.25, 0.3) is 0 Å². The molecule has 0 aromatic carbocycles. The van der Waals surface area contributed by atoms with Gasteiger partial charge in [-0.15, -0.1) is 0 Å². The molecular formula is C14H18ClN. The van der Waals surface area contributed by atoms with E-state index < -0.39 is 0 Å². The van der Waals surface area contributed by atoms with Crippen molar-refractivity contribution < 1.29 is 0 Å². The van der Waals surface area contributed by atoms with E-state index in [2.05, 4.69) is 30.1 Å². The highest BCUT2D eigenvalue weighted by Gasteiger charge is 2.21. The number of hydrogen-bond acceptors (Lipinski definition) is 1. The molecular weight excluding hydrogens is 218 g/mol. The summed E-state index contributed by atoms with van der Waals surface area (Å²) in [6.45, 7) is 2.08. The van der Waals surface area contributed by atoms with Crippen LogP contribution in [0, 0.1) is 12.8 Å². The summed E-state index contributed by atoms with van der Waals surface area (Å²) in [5.41, 5.74) is 4.16. The van der Waals surface area contributed by atoms with Crippen LogP contribution in [0.1, 0.15) is 42.9 Å². The SMILES string of the molecule is Cc1ccc([C@H]2CC[C@H](/C=C/Cl)CC2)nc1. The summed E-state index contributed by atoms with van der Waals surface area (Å²) in [5.74, 6) is 1.33. The fourth-order valence-corrected chi connectivity index (χ4v) is 2.64. The van der Waals surface area contributed by atoms with E-state index in [1.165, 1.54) is 36.9 Å². The third-order valence-electron chi connectivity index (χ3n) is 3.47. The predicted octanol–water partition coefficient (Wildman–Crippen LogP) is 4.42. The zero-order valence-corrected chi connectivity index (χ0v) is 10.5. The Morgan fingerprint density at radius 2 is 2.00 bits per heavy atom. The average Bonchev–Trinajstić information content (AvgIpc) is 2.32. The lowest BCUT2D eigenvalue weighted by molar-refractivity contribution is 0.371. The first kappa shape index (κ1) is 11.7. The monoisotopic (exact) mass is 235 g/mol. The Kier molecular flexibility index (Phi) is 4.00. The third kappa shape index (κ3) is 2.85. The van der Waals surface area contributed by atoms with Gasteiger partial charge in [-0.2, -0.15) is 0 Å². The maximum absolute atomic E-state index is 5.61. The Bertz CT molecular complexity index is 348. The van der Waals surface area contributed by atoms with Crippen LogP contribution in [0.4, 0.5) is 0 Å². The Morgan fingerprint density at radius 1 is 1.25 bits per heavy atom. The second-order valence-electron chi connectivity index (χ2n) is 4.69. The molecule has 1 saturated carbocycles. The van der Waals surface area contributed by atoms with Gasteiger partial charge in [0.05, 0.1) is 0 Å². The first-order valence-corrected chi connectivity index (χ1v) is 6.42. The standard InChI is InChI=1S/C14H18ClN/c1-11-2-7-14(16-10-11)13-5-3-12(4-6-13)8-9-15/h2,7-10,12-13H,3-6H2,1H3/b9-8+/t12-,13-. The van der Waals surface area contributed by atoms with Crippen LogP contribution in [0.15, 0.2) is 29.9 Å². The predicted molar refractivity (Wildman–Crippen MR) is 68.7 cm³/mol. The van der Waals surface area contributed by atoms with Crippen molar-refractivity contribution in [2.24, 2.45) is 5.92 Å². The minimum absolute atomic E-state index is 0.653. The molecule has 1 heterocycles. The minimum atomic E-state index is 0.653. The van der Waals surface area contributed by atoms with Gasteiger partial charge >= 0.3 is 0 Å². The maximum Gasteiger partial charge on any atom is 0.0434 e. The average molecular weight is 236 g/mol. The first-order chi connectivity index (χ1) is 7.79. The topological polar surface area (TPSA) is 12.9 Å². The van der Waals surface area contributed by atoms with Crippen molar-refractivity contribution in [1.29, 1.82) is 0 Å². The molecule has 1 aromatic heterocycles. The van der Waals surface area contributed by atoms with Crippen LogP contribution in [-0.4, -0.2) is 4.98 Å². The van der Waals surface area contributed by atoms with Gasteiger partial charge in [0, 0.05) is 23.3 Å². The molecule has 1 aromatic rings. The highest BCUT2D eigenvalue weighted by Crippen LogP contribution is 2.35. The number of rotatable bonds is 2. The number of nitrogens with zero attached hydrogens (tertiary/aromatic N) is 1. The highest BCUT2D eigenvalue weighted by atomic mass is 35.5. The van der Waals surface area contributed by atoms with Crippen LogP contribution in [0.5, 0.6) is 0 Å². The van der Waals surface area contributed by atoms with Crippen LogP contribution in [0.3, 0.4) is 0 Å². The van der Waals surface area contributed by atoms with Gasteiger partial charge in [-0.05, 0) is 50.2 Å². The van der Waals surface area contributed by atoms with Gasteiger partial charge < -0.3 is 0 Å². The highest BCUT2D eigenvalue weighted by molar-refractivity contribution is 6.25. The van der Waals surface area contributed by atoms with Gasteiger partial charge in [0.1, 0.15) is 0 Å². The molecule has 1 fully saturated rings. The Balaban J connectivity index is 1.96. The summed E-state index contributed by atoms with van der Waals surface area (Å²) >= 11 is 5.61. The van der Waals surface area contributed by atoms with Crippen LogP contribution >= 0.6 is 11.6 Å².